The highest BCUT2D eigenvalue weighted by Gasteiger charge is 2.15. The molecule has 0 atom stereocenters. The molecule has 36 heavy (non-hydrogen) atoms. The Morgan fingerprint density at radius 2 is 1.47 bits per heavy atom. The van der Waals surface area contributed by atoms with Crippen LogP contribution in [0.15, 0.2) is 104 Å². The molecule has 0 radical (unpaired) electrons. The summed E-state index contributed by atoms with van der Waals surface area (Å²) in [6.07, 6.45) is 5.29. The topological polar surface area (TPSA) is 57.0 Å². The monoisotopic (exact) mass is 483 g/mol. The molecule has 0 N–H and O–H groups in total. The summed E-state index contributed by atoms with van der Waals surface area (Å²) in [4.78, 5) is 21.5. The maximum Gasteiger partial charge on any atom is 0.397 e. The van der Waals surface area contributed by atoms with Crippen LogP contribution in [-0.4, -0.2) is 20.5 Å². The van der Waals surface area contributed by atoms with E-state index in [9.17, 15) is 9.32 Å². The minimum absolute atomic E-state index is 0.0370. The third-order valence-electron chi connectivity index (χ3n) is 5.40. The first-order valence-corrected chi connectivity index (χ1v) is 11.9. The Morgan fingerprint density at radius 1 is 0.833 bits per heavy atom. The number of benzene rings is 3. The van der Waals surface area contributed by atoms with E-state index in [2.05, 4.69) is 94.0 Å². The summed E-state index contributed by atoms with van der Waals surface area (Å²) >= 11 is 0. The normalized spacial score (nSPS) is 10.2. The summed E-state index contributed by atoms with van der Waals surface area (Å²) in [7, 11) is 0. The standard InChI is InChI=1S/C22H20N2.C6H4FNO2.C2H6/c1-16(2)20-14-17-8-6-7-9-18(17)15-21(20)22-23-12-13-24(22)19-10-4-3-5-11-19;7-10-6(9)5-3-1-2-4-8-5;1-2/h3-16H,1-2H3;1-4H;1-2H3. The summed E-state index contributed by atoms with van der Waals surface area (Å²) in [5.74, 6) is 0.363. The van der Waals surface area contributed by atoms with Gasteiger partial charge in [-0.1, -0.05) is 82.3 Å². The van der Waals surface area contributed by atoms with Crippen LogP contribution in [0.3, 0.4) is 0 Å². The number of imidazole rings is 1. The van der Waals surface area contributed by atoms with Crippen LogP contribution < -0.4 is 0 Å². The second-order valence-corrected chi connectivity index (χ2v) is 7.98. The highest BCUT2D eigenvalue weighted by molar-refractivity contribution is 5.88. The van der Waals surface area contributed by atoms with E-state index in [0.717, 1.165) is 11.5 Å². The molecule has 5 rings (SSSR count). The van der Waals surface area contributed by atoms with Crippen molar-refractivity contribution in [2.75, 3.05) is 0 Å². The molecule has 0 bridgehead atoms. The van der Waals surface area contributed by atoms with Gasteiger partial charge >= 0.3 is 5.97 Å². The number of fused-ring (bicyclic) bond motifs is 1. The van der Waals surface area contributed by atoms with E-state index < -0.39 is 5.97 Å². The molecule has 2 heterocycles. The molecular formula is C30H30FN3O2. The quantitative estimate of drug-likeness (QED) is 0.260. The second-order valence-electron chi connectivity index (χ2n) is 7.98. The largest absolute Gasteiger partial charge is 0.397 e. The van der Waals surface area contributed by atoms with Crippen molar-refractivity contribution >= 4 is 16.7 Å². The van der Waals surface area contributed by atoms with Gasteiger partial charge in [-0.05, 0) is 52.6 Å². The molecule has 3 aromatic carbocycles. The van der Waals surface area contributed by atoms with Crippen LogP contribution >= 0.6 is 0 Å². The number of nitrogens with zero attached hydrogens (tertiary/aromatic N) is 3. The number of para-hydroxylation sites is 1. The predicted molar refractivity (Wildman–Crippen MR) is 143 cm³/mol. The van der Waals surface area contributed by atoms with Crippen LogP contribution in [0, 0.1) is 0 Å². The number of carbonyl (C=O) groups excluding carboxylic acids is 1. The molecule has 0 amide bonds. The van der Waals surface area contributed by atoms with Crippen LogP contribution in [0.2, 0.25) is 0 Å². The van der Waals surface area contributed by atoms with Gasteiger partial charge in [-0.25, -0.2) is 19.7 Å². The highest BCUT2D eigenvalue weighted by atomic mass is 19.3. The van der Waals surface area contributed by atoms with Crippen LogP contribution in [0.4, 0.5) is 4.53 Å². The molecule has 5 aromatic rings. The van der Waals surface area contributed by atoms with Gasteiger partial charge in [0.1, 0.15) is 5.82 Å². The second kappa shape index (κ2) is 13.0. The van der Waals surface area contributed by atoms with E-state index in [1.807, 2.05) is 32.3 Å². The fourth-order valence-electron chi connectivity index (χ4n) is 3.75. The lowest BCUT2D eigenvalue weighted by Gasteiger charge is -2.16. The number of hydrogen-bond donors (Lipinski definition) is 0. The van der Waals surface area contributed by atoms with E-state index in [4.69, 9.17) is 0 Å². The number of pyridine rings is 1. The lowest BCUT2D eigenvalue weighted by molar-refractivity contribution is -0.0793. The molecule has 0 saturated carbocycles. The first-order chi connectivity index (χ1) is 17.6. The highest BCUT2D eigenvalue weighted by Crippen LogP contribution is 2.33. The fourth-order valence-corrected chi connectivity index (χ4v) is 3.75. The molecule has 5 nitrogen and oxygen atoms in total. The van der Waals surface area contributed by atoms with E-state index >= 15 is 0 Å². The van der Waals surface area contributed by atoms with E-state index in [0.29, 0.717) is 5.92 Å². The number of aromatic nitrogens is 3. The lowest BCUT2D eigenvalue weighted by Crippen LogP contribution is -2.00. The Morgan fingerprint density at radius 3 is 2.08 bits per heavy atom. The van der Waals surface area contributed by atoms with Crippen LogP contribution in [0.1, 0.15) is 49.7 Å². The van der Waals surface area contributed by atoms with E-state index in [-0.39, 0.29) is 5.69 Å². The zero-order chi connectivity index (χ0) is 25.9. The maximum atomic E-state index is 11.2. The molecule has 0 unspecified atom stereocenters. The molecule has 0 fully saturated rings. The lowest BCUT2D eigenvalue weighted by atomic mass is 9.93. The molecule has 2 aromatic heterocycles. The van der Waals surface area contributed by atoms with Gasteiger partial charge in [-0.3, -0.25) is 4.57 Å². The Bertz CT molecular complexity index is 1380. The van der Waals surface area contributed by atoms with Crippen molar-refractivity contribution < 1.29 is 14.3 Å². The van der Waals surface area contributed by atoms with Gasteiger partial charge in [0.25, 0.3) is 0 Å². The fraction of sp³-hybridized carbons (Fsp3) is 0.167. The average Bonchev–Trinajstić information content (AvgIpc) is 3.44. The number of rotatable bonds is 4. The summed E-state index contributed by atoms with van der Waals surface area (Å²) in [6, 6.07) is 28.0. The molecule has 184 valence electrons. The Hall–Kier alpha value is -4.32. The Labute approximate surface area is 211 Å². The van der Waals surface area contributed by atoms with Crippen molar-refractivity contribution in [1.82, 2.24) is 14.5 Å². The van der Waals surface area contributed by atoms with Crippen molar-refractivity contribution in [3.05, 3.63) is 115 Å². The average molecular weight is 484 g/mol. The zero-order valence-electron chi connectivity index (χ0n) is 20.9. The molecule has 0 aliphatic rings. The van der Waals surface area contributed by atoms with Crippen LogP contribution in [0.25, 0.3) is 27.8 Å². The molecule has 6 heteroatoms. The molecule has 0 aliphatic carbocycles. The van der Waals surface area contributed by atoms with Gasteiger partial charge in [0.2, 0.25) is 0 Å². The first-order valence-electron chi connectivity index (χ1n) is 11.9. The van der Waals surface area contributed by atoms with Crippen molar-refractivity contribution in [1.29, 1.82) is 0 Å². The van der Waals surface area contributed by atoms with E-state index in [1.165, 1.54) is 34.2 Å². The SMILES string of the molecule is CC.CC(C)c1cc2ccccc2cc1-c1nccn1-c1ccccc1.O=C(OF)c1ccccn1. The molecule has 0 saturated heterocycles. The summed E-state index contributed by atoms with van der Waals surface area (Å²) in [5, 5.41) is 2.53. The van der Waals surface area contributed by atoms with Crippen molar-refractivity contribution in [2.24, 2.45) is 0 Å². The van der Waals surface area contributed by atoms with Crippen molar-refractivity contribution in [3.8, 4) is 17.1 Å². The summed E-state index contributed by atoms with van der Waals surface area (Å²) < 4.78 is 13.3. The van der Waals surface area contributed by atoms with Crippen molar-refractivity contribution in [3.63, 3.8) is 0 Å². The van der Waals surface area contributed by atoms with Gasteiger partial charge < -0.3 is 0 Å². The molecule has 0 aliphatic heterocycles. The smallest absolute Gasteiger partial charge is 0.300 e. The van der Waals surface area contributed by atoms with Gasteiger partial charge in [0, 0.05) is 34.4 Å². The number of hydrogen-bond acceptors (Lipinski definition) is 4. The molecular weight excluding hydrogens is 453 g/mol. The number of carbonyl (C=O) groups is 1. The number of halogens is 1. The van der Waals surface area contributed by atoms with Gasteiger partial charge in [-0.15, -0.1) is 0 Å². The summed E-state index contributed by atoms with van der Waals surface area (Å²) in [6.45, 7) is 8.48. The zero-order valence-corrected chi connectivity index (χ0v) is 20.9. The van der Waals surface area contributed by atoms with Gasteiger partial charge in [0.05, 0.1) is 0 Å². The molecule has 0 spiro atoms. The minimum atomic E-state index is -1.07. The third kappa shape index (κ3) is 6.21. The minimum Gasteiger partial charge on any atom is -0.300 e. The van der Waals surface area contributed by atoms with Crippen LogP contribution in [-0.2, 0) is 4.94 Å². The Kier molecular flexibility index (Phi) is 9.46. The maximum absolute atomic E-state index is 11.2. The van der Waals surface area contributed by atoms with Crippen LogP contribution in [0.5, 0.6) is 0 Å². The van der Waals surface area contributed by atoms with Gasteiger partial charge in [-0.2, -0.15) is 0 Å². The predicted octanol–water partition coefficient (Wildman–Crippen LogP) is 7.97. The summed E-state index contributed by atoms with van der Waals surface area (Å²) in [5.41, 5.74) is 3.63. The van der Waals surface area contributed by atoms with E-state index in [1.54, 1.807) is 12.1 Å². The first kappa shape index (κ1) is 26.3. The Balaban J connectivity index is 0.000000253. The third-order valence-corrected chi connectivity index (χ3v) is 5.40. The van der Waals surface area contributed by atoms with Crippen molar-refractivity contribution in [2.45, 2.75) is 33.6 Å². The van der Waals surface area contributed by atoms with Gasteiger partial charge in [0.15, 0.2) is 5.69 Å².